The first-order valence-corrected chi connectivity index (χ1v) is 22.4. The minimum absolute atomic E-state index is 0.0206. The summed E-state index contributed by atoms with van der Waals surface area (Å²) in [7, 11) is 0. The normalized spacial score (nSPS) is 11.8. The molecule has 4 amide bonds. The Morgan fingerprint density at radius 1 is 0.483 bits per heavy atom. The minimum atomic E-state index is -1.18. The van der Waals surface area contributed by atoms with Crippen molar-refractivity contribution in [3.05, 3.63) is 0 Å². The van der Waals surface area contributed by atoms with Gasteiger partial charge in [0.25, 0.3) is 0 Å². The monoisotopic (exact) mass is 860 g/mol. The van der Waals surface area contributed by atoms with E-state index in [4.69, 9.17) is 29.8 Å². The van der Waals surface area contributed by atoms with Gasteiger partial charge in [0.05, 0.1) is 39.6 Å². The van der Waals surface area contributed by atoms with Crippen molar-refractivity contribution in [1.29, 1.82) is 0 Å². The molecule has 0 saturated carbocycles. The fourth-order valence-electron chi connectivity index (χ4n) is 6.08. The number of nitrogens with two attached hydrogens (primary N) is 1. The largest absolute Gasteiger partial charge is 0.481 e. The second-order valence-electron chi connectivity index (χ2n) is 16.0. The summed E-state index contributed by atoms with van der Waals surface area (Å²) in [4.78, 5) is 70.4. The lowest BCUT2D eigenvalue weighted by Gasteiger charge is -2.17. The molecule has 0 aromatic carbocycles. The highest BCUT2D eigenvalue weighted by atomic mass is 16.5. The number of carbonyl (C=O) groups excluding carboxylic acids is 4. The molecule has 60 heavy (non-hydrogen) atoms. The summed E-state index contributed by atoms with van der Waals surface area (Å²) in [6.45, 7) is 6.40. The fourth-order valence-corrected chi connectivity index (χ4v) is 6.08. The number of hydrogen-bond acceptors (Lipinski definition) is 11. The summed E-state index contributed by atoms with van der Waals surface area (Å²) >= 11 is 0. The summed E-state index contributed by atoms with van der Waals surface area (Å²) in [5.41, 5.74) is 5.80. The van der Waals surface area contributed by atoms with Crippen LogP contribution in [0.3, 0.4) is 0 Å². The van der Waals surface area contributed by atoms with Gasteiger partial charge < -0.3 is 56.2 Å². The van der Waals surface area contributed by atoms with E-state index in [0.717, 1.165) is 64.2 Å². The minimum Gasteiger partial charge on any atom is -0.481 e. The lowest BCUT2D eigenvalue weighted by Crippen LogP contribution is -2.41. The molecule has 1 unspecified atom stereocenters. The summed E-state index contributed by atoms with van der Waals surface area (Å²) < 4.78 is 21.4. The second-order valence-corrected chi connectivity index (χ2v) is 16.0. The first-order chi connectivity index (χ1) is 28.8. The van der Waals surface area contributed by atoms with Gasteiger partial charge in [-0.05, 0) is 46.0 Å². The molecule has 0 aliphatic heterocycles. The van der Waals surface area contributed by atoms with Crippen molar-refractivity contribution in [3.8, 4) is 0 Å². The molecule has 0 saturated heterocycles. The number of nitrogens with one attached hydrogen (secondary N) is 4. The van der Waals surface area contributed by atoms with Crippen LogP contribution in [0.5, 0.6) is 0 Å². The topological polar surface area (TPSA) is 254 Å². The second kappa shape index (κ2) is 39.7. The number of hydrogen-bond donors (Lipinski definition) is 7. The van der Waals surface area contributed by atoms with Gasteiger partial charge >= 0.3 is 11.9 Å². The van der Waals surface area contributed by atoms with E-state index >= 15 is 0 Å². The number of carboxylic acid groups (broad SMARTS) is 2. The quantitative estimate of drug-likeness (QED) is 0.0421. The van der Waals surface area contributed by atoms with E-state index in [2.05, 4.69) is 21.3 Å². The van der Waals surface area contributed by atoms with E-state index in [1.165, 1.54) is 44.9 Å². The highest BCUT2D eigenvalue weighted by molar-refractivity contribution is 5.84. The van der Waals surface area contributed by atoms with Gasteiger partial charge in [0.2, 0.25) is 23.6 Å². The summed E-state index contributed by atoms with van der Waals surface area (Å²) in [5.74, 6) is -3.03. The molecule has 0 aliphatic rings. The Bertz CT molecular complexity index is 1140. The van der Waals surface area contributed by atoms with Gasteiger partial charge in [-0.15, -0.1) is 0 Å². The Kier molecular flexibility index (Phi) is 37.5. The smallest absolute Gasteiger partial charge is 0.326 e. The van der Waals surface area contributed by atoms with Gasteiger partial charge in [-0.2, -0.15) is 0 Å². The average molecular weight is 860 g/mol. The summed E-state index contributed by atoms with van der Waals surface area (Å²) in [6.07, 6.45) is 19.4. The highest BCUT2D eigenvalue weighted by Gasteiger charge is 2.21. The molecule has 0 aromatic heterocycles. The molecule has 0 aliphatic carbocycles. The van der Waals surface area contributed by atoms with Crippen molar-refractivity contribution in [3.63, 3.8) is 0 Å². The van der Waals surface area contributed by atoms with E-state index in [1.54, 1.807) is 0 Å². The van der Waals surface area contributed by atoms with Crippen LogP contribution in [0.25, 0.3) is 0 Å². The third-order valence-electron chi connectivity index (χ3n) is 9.51. The zero-order valence-corrected chi connectivity index (χ0v) is 37.0. The maximum absolute atomic E-state index is 12.3. The lowest BCUT2D eigenvalue weighted by molar-refractivity contribution is -0.142. The lowest BCUT2D eigenvalue weighted by atomic mass is 9.98. The molecule has 0 spiro atoms. The van der Waals surface area contributed by atoms with Gasteiger partial charge in [-0.3, -0.25) is 24.0 Å². The third kappa shape index (κ3) is 42.7. The number of amides is 4. The van der Waals surface area contributed by atoms with Crippen LogP contribution in [-0.2, 0) is 47.7 Å². The van der Waals surface area contributed by atoms with E-state index in [-0.39, 0.29) is 108 Å². The molecule has 0 bridgehead atoms. The summed E-state index contributed by atoms with van der Waals surface area (Å²) in [6, 6.07) is -1.13. The van der Waals surface area contributed by atoms with E-state index < -0.39 is 18.0 Å². The fraction of sp³-hybridized carbons (Fsp3) is 0.860. The van der Waals surface area contributed by atoms with Crippen molar-refractivity contribution in [2.75, 3.05) is 72.5 Å². The van der Waals surface area contributed by atoms with Gasteiger partial charge in [-0.1, -0.05) is 89.9 Å². The van der Waals surface area contributed by atoms with Crippen molar-refractivity contribution in [2.45, 2.75) is 167 Å². The zero-order valence-electron chi connectivity index (χ0n) is 37.0. The van der Waals surface area contributed by atoms with Crippen molar-refractivity contribution >= 4 is 35.6 Å². The summed E-state index contributed by atoms with van der Waals surface area (Å²) in [5, 5.41) is 28.9. The SMILES string of the molecule is CC(C)(N)CCCCCNC(=O)COCCOCCNC(=O)COCCOCCNC(=O)CCC(NC(=O)CCCCCCCCCCCCCCCCC(=O)O)C(=O)O. The van der Waals surface area contributed by atoms with Crippen LogP contribution in [0.4, 0.5) is 0 Å². The molecular formula is C43H81N5O12. The molecule has 0 radical (unpaired) electrons. The van der Waals surface area contributed by atoms with E-state index in [1.807, 2.05) is 13.8 Å². The van der Waals surface area contributed by atoms with Gasteiger partial charge in [0.1, 0.15) is 19.3 Å². The van der Waals surface area contributed by atoms with Crippen LogP contribution in [0, 0.1) is 0 Å². The van der Waals surface area contributed by atoms with Gasteiger partial charge in [-0.25, -0.2) is 4.79 Å². The van der Waals surface area contributed by atoms with Crippen molar-refractivity contribution < 1.29 is 57.9 Å². The number of aliphatic carboxylic acids is 2. The number of unbranched alkanes of at least 4 members (excludes halogenated alkanes) is 15. The molecule has 0 fully saturated rings. The molecule has 350 valence electrons. The van der Waals surface area contributed by atoms with Crippen molar-refractivity contribution in [1.82, 2.24) is 21.3 Å². The molecular weight excluding hydrogens is 778 g/mol. The standard InChI is InChI=1S/C43H81N5O12/c1-43(2,44)24-18-15-19-25-45-39(51)34-59-32-31-58-29-27-47-40(52)35-60-33-30-57-28-26-46-37(49)23-22-36(42(55)56)48-38(50)20-16-13-11-9-7-5-3-4-6-8-10-12-14-17-21-41(53)54/h36H,3-35,44H2,1-2H3,(H,45,51)(H,46,49)(H,47,52)(H,48,50)(H,53,54)(H,55,56). The van der Waals surface area contributed by atoms with Crippen LogP contribution in [0.1, 0.15) is 155 Å². The predicted octanol–water partition coefficient (Wildman–Crippen LogP) is 4.37. The Balaban J connectivity index is 3.64. The van der Waals surface area contributed by atoms with Gasteiger partial charge in [0, 0.05) is 44.4 Å². The van der Waals surface area contributed by atoms with Crippen LogP contribution in [0.2, 0.25) is 0 Å². The van der Waals surface area contributed by atoms with Crippen molar-refractivity contribution in [2.24, 2.45) is 5.73 Å². The predicted molar refractivity (Wildman–Crippen MR) is 229 cm³/mol. The molecule has 0 aromatic rings. The highest BCUT2D eigenvalue weighted by Crippen LogP contribution is 2.14. The molecule has 0 rings (SSSR count). The maximum atomic E-state index is 12.3. The zero-order chi connectivity index (χ0) is 44.5. The number of carbonyl (C=O) groups is 6. The third-order valence-corrected chi connectivity index (χ3v) is 9.51. The van der Waals surface area contributed by atoms with Gasteiger partial charge in [0.15, 0.2) is 0 Å². The number of rotatable bonds is 44. The Labute approximate surface area is 359 Å². The Morgan fingerprint density at radius 3 is 1.37 bits per heavy atom. The van der Waals surface area contributed by atoms with Crippen LogP contribution in [0.15, 0.2) is 0 Å². The van der Waals surface area contributed by atoms with Crippen LogP contribution < -0.4 is 27.0 Å². The molecule has 0 heterocycles. The van der Waals surface area contributed by atoms with E-state index in [9.17, 15) is 33.9 Å². The van der Waals surface area contributed by atoms with Crippen LogP contribution in [-0.4, -0.2) is 130 Å². The maximum Gasteiger partial charge on any atom is 0.326 e. The Morgan fingerprint density at radius 2 is 0.900 bits per heavy atom. The average Bonchev–Trinajstić information content (AvgIpc) is 3.18. The number of ether oxygens (including phenoxy) is 4. The number of carboxylic acids is 2. The Hall–Kier alpha value is -3.38. The first-order valence-electron chi connectivity index (χ1n) is 22.4. The molecule has 8 N–H and O–H groups in total. The molecule has 1 atom stereocenters. The van der Waals surface area contributed by atoms with E-state index in [0.29, 0.717) is 26.1 Å². The van der Waals surface area contributed by atoms with Crippen LogP contribution >= 0.6 is 0 Å². The molecule has 17 heteroatoms. The molecule has 17 nitrogen and oxygen atoms in total. The first kappa shape index (κ1) is 56.6.